The molecule has 0 aromatic heterocycles. The van der Waals surface area contributed by atoms with Gasteiger partial charge in [0.15, 0.2) is 6.61 Å². The van der Waals surface area contributed by atoms with Crippen molar-refractivity contribution in [3.63, 3.8) is 0 Å². The summed E-state index contributed by atoms with van der Waals surface area (Å²) in [7, 11) is 1.45. The molecule has 0 fully saturated rings. The van der Waals surface area contributed by atoms with Gasteiger partial charge < -0.3 is 14.8 Å². The van der Waals surface area contributed by atoms with Gasteiger partial charge >= 0.3 is 5.97 Å². The molecule has 0 unspecified atom stereocenters. The van der Waals surface area contributed by atoms with Gasteiger partial charge in [-0.25, -0.2) is 4.79 Å². The molecule has 1 N–H and O–H groups in total. The van der Waals surface area contributed by atoms with Crippen molar-refractivity contribution in [2.45, 2.75) is 6.92 Å². The maximum Gasteiger partial charge on any atom is 0.342 e. The molecule has 3 rings (SSSR count). The number of hydrogen-bond donors (Lipinski definition) is 1. The third kappa shape index (κ3) is 4.49. The van der Waals surface area contributed by atoms with Crippen molar-refractivity contribution < 1.29 is 24.0 Å². The molecule has 0 heterocycles. The maximum atomic E-state index is 12.5. The van der Waals surface area contributed by atoms with Gasteiger partial charge in [0.25, 0.3) is 11.6 Å². The van der Waals surface area contributed by atoms with Crippen LogP contribution in [0.25, 0.3) is 10.8 Å². The van der Waals surface area contributed by atoms with Crippen LogP contribution in [-0.2, 0) is 9.53 Å². The predicted molar refractivity (Wildman–Crippen MR) is 107 cm³/mol. The molecule has 148 valence electrons. The topological polar surface area (TPSA) is 108 Å². The minimum Gasteiger partial charge on any atom is -0.496 e. The smallest absolute Gasteiger partial charge is 0.342 e. The number of nitro benzene ring substituents is 1. The van der Waals surface area contributed by atoms with E-state index in [0.29, 0.717) is 17.0 Å². The van der Waals surface area contributed by atoms with E-state index in [1.165, 1.54) is 25.3 Å². The van der Waals surface area contributed by atoms with E-state index in [4.69, 9.17) is 9.47 Å². The van der Waals surface area contributed by atoms with Gasteiger partial charge in [0.05, 0.1) is 12.0 Å². The number of carbonyl (C=O) groups excluding carboxylic acids is 2. The van der Waals surface area contributed by atoms with Gasteiger partial charge in [-0.3, -0.25) is 14.9 Å². The van der Waals surface area contributed by atoms with Crippen molar-refractivity contribution in [1.82, 2.24) is 0 Å². The number of esters is 1. The van der Waals surface area contributed by atoms with Gasteiger partial charge in [-0.2, -0.15) is 0 Å². The highest BCUT2D eigenvalue weighted by molar-refractivity contribution is 6.00. The summed E-state index contributed by atoms with van der Waals surface area (Å²) in [6.07, 6.45) is 0. The van der Waals surface area contributed by atoms with E-state index < -0.39 is 23.4 Å². The molecule has 3 aromatic rings. The van der Waals surface area contributed by atoms with Crippen LogP contribution in [0.5, 0.6) is 5.75 Å². The molecular weight excluding hydrogens is 376 g/mol. The van der Waals surface area contributed by atoms with E-state index in [0.717, 1.165) is 10.8 Å². The quantitative estimate of drug-likeness (QED) is 0.386. The minimum absolute atomic E-state index is 0.0738. The fourth-order valence-corrected chi connectivity index (χ4v) is 2.84. The average molecular weight is 394 g/mol. The van der Waals surface area contributed by atoms with Crippen molar-refractivity contribution in [3.8, 4) is 5.75 Å². The van der Waals surface area contributed by atoms with Gasteiger partial charge in [-0.05, 0) is 41.5 Å². The molecule has 3 aromatic carbocycles. The molecule has 1 amide bonds. The second-order valence-corrected chi connectivity index (χ2v) is 6.28. The Morgan fingerprint density at radius 2 is 1.76 bits per heavy atom. The minimum atomic E-state index is -0.692. The summed E-state index contributed by atoms with van der Waals surface area (Å²) < 4.78 is 10.4. The van der Waals surface area contributed by atoms with Gasteiger partial charge in [0.2, 0.25) is 0 Å². The highest BCUT2D eigenvalue weighted by atomic mass is 16.6. The Bertz CT molecular complexity index is 1110. The molecule has 0 spiro atoms. The van der Waals surface area contributed by atoms with Crippen molar-refractivity contribution in [3.05, 3.63) is 75.8 Å². The van der Waals surface area contributed by atoms with Crippen LogP contribution in [0.1, 0.15) is 15.9 Å². The number of nitrogens with one attached hydrogen (secondary N) is 1. The van der Waals surface area contributed by atoms with Gasteiger partial charge in [0, 0.05) is 17.8 Å². The van der Waals surface area contributed by atoms with E-state index in [1.807, 2.05) is 24.3 Å². The van der Waals surface area contributed by atoms with Crippen LogP contribution in [-0.4, -0.2) is 30.5 Å². The van der Waals surface area contributed by atoms with E-state index in [9.17, 15) is 19.7 Å². The lowest BCUT2D eigenvalue weighted by molar-refractivity contribution is -0.384. The second kappa shape index (κ2) is 8.39. The monoisotopic (exact) mass is 394 g/mol. The fourth-order valence-electron chi connectivity index (χ4n) is 2.84. The first-order valence-electron chi connectivity index (χ1n) is 8.68. The summed E-state index contributed by atoms with van der Waals surface area (Å²) in [5, 5.41) is 15.1. The highest BCUT2D eigenvalue weighted by Crippen LogP contribution is 2.26. The molecule has 0 bridgehead atoms. The lowest BCUT2D eigenvalue weighted by atomic mass is 10.1. The Labute approximate surface area is 166 Å². The molecule has 8 heteroatoms. The van der Waals surface area contributed by atoms with E-state index in [2.05, 4.69) is 5.32 Å². The van der Waals surface area contributed by atoms with Crippen molar-refractivity contribution >= 4 is 34.0 Å². The fraction of sp³-hybridized carbons (Fsp3) is 0.143. The number of nitrogens with zero attached hydrogens (tertiary/aromatic N) is 1. The number of benzene rings is 3. The average Bonchev–Trinajstić information content (AvgIpc) is 2.72. The Balaban J connectivity index is 1.68. The molecule has 0 aliphatic heterocycles. The highest BCUT2D eigenvalue weighted by Gasteiger charge is 2.17. The van der Waals surface area contributed by atoms with Crippen LogP contribution in [0, 0.1) is 17.0 Å². The number of rotatable bonds is 6. The second-order valence-electron chi connectivity index (χ2n) is 6.28. The van der Waals surface area contributed by atoms with Gasteiger partial charge in [-0.1, -0.05) is 24.3 Å². The number of amides is 1. The molecule has 0 radical (unpaired) electrons. The molecule has 8 nitrogen and oxygen atoms in total. The Kier molecular flexibility index (Phi) is 5.73. The van der Waals surface area contributed by atoms with Gasteiger partial charge in [-0.15, -0.1) is 0 Å². The van der Waals surface area contributed by atoms with E-state index in [-0.39, 0.29) is 11.3 Å². The summed E-state index contributed by atoms with van der Waals surface area (Å²) in [6, 6.07) is 14.9. The molecule has 29 heavy (non-hydrogen) atoms. The number of fused-ring (bicyclic) bond motifs is 1. The number of non-ortho nitro benzene ring substituents is 1. The molecule has 0 atom stereocenters. The molecule has 0 aliphatic rings. The van der Waals surface area contributed by atoms with Crippen LogP contribution in [0.4, 0.5) is 11.4 Å². The lowest BCUT2D eigenvalue weighted by Gasteiger charge is -2.11. The molecule has 0 aliphatic carbocycles. The van der Waals surface area contributed by atoms with Crippen molar-refractivity contribution in [2.24, 2.45) is 0 Å². The Morgan fingerprint density at radius 1 is 1.07 bits per heavy atom. The number of hydrogen-bond acceptors (Lipinski definition) is 6. The summed E-state index contributed by atoms with van der Waals surface area (Å²) >= 11 is 0. The van der Waals surface area contributed by atoms with Crippen molar-refractivity contribution in [1.29, 1.82) is 0 Å². The number of anilines is 1. The number of methoxy groups -OCH3 is 1. The summed E-state index contributed by atoms with van der Waals surface area (Å²) in [4.78, 5) is 34.9. The first-order valence-corrected chi connectivity index (χ1v) is 8.68. The summed E-state index contributed by atoms with van der Waals surface area (Å²) in [5.41, 5.74) is 1.07. The first-order chi connectivity index (χ1) is 13.9. The van der Waals surface area contributed by atoms with Crippen LogP contribution in [0.2, 0.25) is 0 Å². The van der Waals surface area contributed by atoms with Gasteiger partial charge in [0.1, 0.15) is 11.3 Å². The van der Waals surface area contributed by atoms with Crippen LogP contribution in [0.3, 0.4) is 0 Å². The largest absolute Gasteiger partial charge is 0.496 e. The number of carbonyl (C=O) groups is 2. The number of nitro groups is 1. The SMILES string of the molecule is COc1cc2ccccc2cc1C(=O)OCC(=O)Nc1ccc([N+](=O)[O-])cc1C. The third-order valence-corrected chi connectivity index (χ3v) is 4.32. The zero-order valence-electron chi connectivity index (χ0n) is 15.8. The Morgan fingerprint density at radius 3 is 2.38 bits per heavy atom. The summed E-state index contributed by atoms with van der Waals surface area (Å²) in [6.45, 7) is 1.12. The summed E-state index contributed by atoms with van der Waals surface area (Å²) in [5.74, 6) is -0.904. The zero-order valence-corrected chi connectivity index (χ0v) is 15.8. The Hall–Kier alpha value is -3.94. The predicted octanol–water partition coefficient (Wildman–Crippen LogP) is 3.86. The molecular formula is C21H18N2O6. The standard InChI is InChI=1S/C21H18N2O6/c1-13-9-16(23(26)27)7-8-18(13)22-20(24)12-29-21(25)17-10-14-5-3-4-6-15(14)11-19(17)28-2/h3-11H,12H2,1-2H3,(H,22,24). The van der Waals surface area contributed by atoms with Crippen LogP contribution >= 0.6 is 0 Å². The maximum absolute atomic E-state index is 12.5. The first kappa shape index (κ1) is 19.8. The number of aryl methyl sites for hydroxylation is 1. The van der Waals surface area contributed by atoms with E-state index in [1.54, 1.807) is 19.1 Å². The van der Waals surface area contributed by atoms with Crippen molar-refractivity contribution in [2.75, 3.05) is 19.0 Å². The third-order valence-electron chi connectivity index (χ3n) is 4.32. The lowest BCUT2D eigenvalue weighted by Crippen LogP contribution is -2.21. The van der Waals surface area contributed by atoms with Crippen LogP contribution in [0.15, 0.2) is 54.6 Å². The molecule has 0 saturated carbocycles. The molecule has 0 saturated heterocycles. The number of ether oxygens (including phenoxy) is 2. The van der Waals surface area contributed by atoms with E-state index >= 15 is 0 Å². The normalized spacial score (nSPS) is 10.4. The zero-order chi connectivity index (χ0) is 21.0. The van der Waals surface area contributed by atoms with Crippen LogP contribution < -0.4 is 10.1 Å².